The first-order valence-corrected chi connectivity index (χ1v) is 6.13. The minimum absolute atomic E-state index is 0.105. The third-order valence-electron chi connectivity index (χ3n) is 3.91. The maximum atomic E-state index is 13.9. The van der Waals surface area contributed by atoms with Crippen LogP contribution in [0.25, 0.3) is 0 Å². The Balaban J connectivity index is 1.79. The van der Waals surface area contributed by atoms with Crippen molar-refractivity contribution in [2.24, 2.45) is 11.7 Å². The van der Waals surface area contributed by atoms with Crippen molar-refractivity contribution in [1.82, 2.24) is 0 Å². The largest absolute Gasteiger partial charge is 0.325 e. The van der Waals surface area contributed by atoms with Gasteiger partial charge in [0.15, 0.2) is 0 Å². The highest BCUT2D eigenvalue weighted by atomic mass is 19.1. The van der Waals surface area contributed by atoms with Crippen LogP contribution >= 0.6 is 0 Å². The summed E-state index contributed by atoms with van der Waals surface area (Å²) in [6.45, 7) is 0. The fourth-order valence-electron chi connectivity index (χ4n) is 2.59. The van der Waals surface area contributed by atoms with Gasteiger partial charge in [-0.25, -0.2) is 4.39 Å². The van der Waals surface area contributed by atoms with Gasteiger partial charge in [0.25, 0.3) is 0 Å². The Kier molecular flexibility index (Phi) is 3.10. The lowest BCUT2D eigenvalue weighted by molar-refractivity contribution is 0.182. The van der Waals surface area contributed by atoms with E-state index in [-0.39, 0.29) is 5.54 Å². The number of hydrogen-bond donors (Lipinski definition) is 1. The molecule has 0 aromatic carbocycles. The Labute approximate surface area is 86.2 Å². The molecule has 0 spiro atoms. The van der Waals surface area contributed by atoms with E-state index in [4.69, 9.17) is 5.73 Å². The molecule has 0 bridgehead atoms. The molecule has 0 amide bonds. The van der Waals surface area contributed by atoms with Gasteiger partial charge in [0, 0.05) is 5.54 Å². The molecule has 2 fully saturated rings. The van der Waals surface area contributed by atoms with Crippen LogP contribution in [0.15, 0.2) is 0 Å². The first-order chi connectivity index (χ1) is 6.70. The lowest BCUT2D eigenvalue weighted by Gasteiger charge is -2.21. The summed E-state index contributed by atoms with van der Waals surface area (Å²) >= 11 is 0. The molecular formula is C12H22FN. The molecule has 1 atom stereocenters. The van der Waals surface area contributed by atoms with Crippen molar-refractivity contribution in [3.63, 3.8) is 0 Å². The molecule has 0 aliphatic heterocycles. The number of nitrogens with two attached hydrogens (primary N) is 1. The number of hydrogen-bond acceptors (Lipinski definition) is 1. The first-order valence-electron chi connectivity index (χ1n) is 6.13. The Morgan fingerprint density at radius 3 is 2.21 bits per heavy atom. The smallest absolute Gasteiger partial charge is 0.105 e. The Hall–Kier alpha value is -0.110. The molecule has 2 N–H and O–H groups in total. The van der Waals surface area contributed by atoms with Crippen LogP contribution in [0.5, 0.6) is 0 Å². The predicted molar refractivity (Wildman–Crippen MR) is 56.9 cm³/mol. The van der Waals surface area contributed by atoms with Gasteiger partial charge in [0.2, 0.25) is 0 Å². The minimum Gasteiger partial charge on any atom is -0.325 e. The molecular weight excluding hydrogens is 177 g/mol. The zero-order chi connectivity index (χ0) is 10.0. The van der Waals surface area contributed by atoms with Crippen LogP contribution in [0, 0.1) is 5.92 Å². The van der Waals surface area contributed by atoms with Gasteiger partial charge in [-0.3, -0.25) is 0 Å². The molecule has 82 valence electrons. The zero-order valence-electron chi connectivity index (χ0n) is 8.97. The van der Waals surface area contributed by atoms with Crippen LogP contribution in [0.1, 0.15) is 57.8 Å². The molecule has 14 heavy (non-hydrogen) atoms. The fourth-order valence-corrected chi connectivity index (χ4v) is 2.59. The van der Waals surface area contributed by atoms with E-state index in [0.29, 0.717) is 12.3 Å². The topological polar surface area (TPSA) is 26.0 Å². The number of halogens is 1. The summed E-state index contributed by atoms with van der Waals surface area (Å²) in [4.78, 5) is 0. The summed E-state index contributed by atoms with van der Waals surface area (Å²) in [6, 6.07) is 0. The summed E-state index contributed by atoms with van der Waals surface area (Å²) in [5.41, 5.74) is 5.85. The molecule has 0 aromatic rings. The van der Waals surface area contributed by atoms with E-state index in [9.17, 15) is 4.39 Å². The van der Waals surface area contributed by atoms with Gasteiger partial charge in [-0.15, -0.1) is 0 Å². The average molecular weight is 199 g/mol. The van der Waals surface area contributed by atoms with Crippen molar-refractivity contribution < 1.29 is 4.39 Å². The standard InChI is InChI=1S/C12H22FN/c13-11(9-12(14)7-8-12)10-5-3-1-2-4-6-10/h10-11H,1-9,14H2. The molecule has 0 aromatic heterocycles. The van der Waals surface area contributed by atoms with Crippen LogP contribution in [0.2, 0.25) is 0 Å². The first kappa shape index (κ1) is 10.4. The molecule has 0 heterocycles. The van der Waals surface area contributed by atoms with E-state index in [0.717, 1.165) is 25.7 Å². The summed E-state index contributed by atoms with van der Waals surface area (Å²) < 4.78 is 13.9. The zero-order valence-corrected chi connectivity index (χ0v) is 8.97. The Bertz CT molecular complexity index is 181. The Morgan fingerprint density at radius 2 is 1.71 bits per heavy atom. The van der Waals surface area contributed by atoms with Gasteiger partial charge in [-0.05, 0) is 38.0 Å². The van der Waals surface area contributed by atoms with Crippen LogP contribution < -0.4 is 5.73 Å². The highest BCUT2D eigenvalue weighted by Gasteiger charge is 2.41. The maximum Gasteiger partial charge on any atom is 0.105 e. The van der Waals surface area contributed by atoms with Gasteiger partial charge < -0.3 is 5.73 Å². The van der Waals surface area contributed by atoms with E-state index in [2.05, 4.69) is 0 Å². The van der Waals surface area contributed by atoms with Crippen LogP contribution in [0.4, 0.5) is 4.39 Å². The van der Waals surface area contributed by atoms with Crippen molar-refractivity contribution in [3.8, 4) is 0 Å². The van der Waals surface area contributed by atoms with Crippen molar-refractivity contribution in [2.45, 2.75) is 69.5 Å². The Morgan fingerprint density at radius 1 is 1.14 bits per heavy atom. The number of rotatable bonds is 3. The van der Waals surface area contributed by atoms with Crippen LogP contribution in [-0.2, 0) is 0 Å². The normalized spacial score (nSPS) is 29.6. The molecule has 2 aliphatic rings. The molecule has 0 saturated heterocycles. The third-order valence-corrected chi connectivity index (χ3v) is 3.91. The van der Waals surface area contributed by atoms with Crippen LogP contribution in [0.3, 0.4) is 0 Å². The fraction of sp³-hybridized carbons (Fsp3) is 1.00. The second-order valence-corrected chi connectivity index (χ2v) is 5.33. The van der Waals surface area contributed by atoms with Crippen molar-refractivity contribution >= 4 is 0 Å². The van der Waals surface area contributed by atoms with Gasteiger partial charge in [-0.1, -0.05) is 25.7 Å². The molecule has 0 radical (unpaired) electrons. The molecule has 2 heteroatoms. The van der Waals surface area contributed by atoms with E-state index in [1.807, 2.05) is 0 Å². The van der Waals surface area contributed by atoms with Crippen LogP contribution in [-0.4, -0.2) is 11.7 Å². The second kappa shape index (κ2) is 4.18. The molecule has 2 rings (SSSR count). The lowest BCUT2D eigenvalue weighted by Crippen LogP contribution is -2.29. The van der Waals surface area contributed by atoms with Crippen molar-refractivity contribution in [2.75, 3.05) is 0 Å². The summed E-state index contributed by atoms with van der Waals surface area (Å²) in [5.74, 6) is 0.318. The third kappa shape index (κ3) is 2.69. The van der Waals surface area contributed by atoms with Crippen molar-refractivity contribution in [3.05, 3.63) is 0 Å². The SMILES string of the molecule is NC1(CC(F)C2CCCCCC2)CC1. The minimum atomic E-state index is -0.624. The van der Waals surface area contributed by atoms with E-state index >= 15 is 0 Å². The van der Waals surface area contributed by atoms with Gasteiger partial charge in [-0.2, -0.15) is 0 Å². The summed E-state index contributed by atoms with van der Waals surface area (Å²) in [7, 11) is 0. The highest BCUT2D eigenvalue weighted by molar-refractivity contribution is 5.00. The van der Waals surface area contributed by atoms with E-state index in [1.54, 1.807) is 0 Å². The molecule has 2 saturated carbocycles. The molecule has 2 aliphatic carbocycles. The quantitative estimate of drug-likeness (QED) is 0.694. The van der Waals surface area contributed by atoms with E-state index in [1.165, 1.54) is 25.7 Å². The van der Waals surface area contributed by atoms with Gasteiger partial charge in [0.1, 0.15) is 6.17 Å². The predicted octanol–water partition coefficient (Wildman–Crippen LogP) is 3.18. The van der Waals surface area contributed by atoms with E-state index < -0.39 is 6.17 Å². The second-order valence-electron chi connectivity index (χ2n) is 5.33. The number of alkyl halides is 1. The molecule has 1 unspecified atom stereocenters. The summed E-state index contributed by atoms with van der Waals surface area (Å²) in [6.07, 6.45) is 9.33. The van der Waals surface area contributed by atoms with Crippen molar-refractivity contribution in [1.29, 1.82) is 0 Å². The molecule has 1 nitrogen and oxygen atoms in total. The average Bonchev–Trinajstić information content (AvgIpc) is 2.89. The maximum absolute atomic E-state index is 13.9. The summed E-state index contributed by atoms with van der Waals surface area (Å²) in [5, 5.41) is 0. The lowest BCUT2D eigenvalue weighted by atomic mass is 9.90. The van der Waals surface area contributed by atoms with Gasteiger partial charge >= 0.3 is 0 Å². The van der Waals surface area contributed by atoms with Gasteiger partial charge in [0.05, 0.1) is 0 Å². The highest BCUT2D eigenvalue weighted by Crippen LogP contribution is 2.40. The monoisotopic (exact) mass is 199 g/mol.